The van der Waals surface area contributed by atoms with Crippen LogP contribution in [0.4, 0.5) is 0 Å². The van der Waals surface area contributed by atoms with Gasteiger partial charge < -0.3 is 14.8 Å². The molecule has 88 valence electrons. The number of ether oxygens (including phenoxy) is 2. The van der Waals surface area contributed by atoms with Crippen molar-refractivity contribution in [1.82, 2.24) is 5.32 Å². The van der Waals surface area contributed by atoms with Crippen LogP contribution in [0.2, 0.25) is 0 Å². The average molecular weight is 213 g/mol. The van der Waals surface area contributed by atoms with Crippen LogP contribution in [-0.2, 0) is 9.47 Å². The van der Waals surface area contributed by atoms with E-state index in [1.165, 1.54) is 25.7 Å². The summed E-state index contributed by atoms with van der Waals surface area (Å²) in [7, 11) is 0. The van der Waals surface area contributed by atoms with E-state index >= 15 is 0 Å². The Labute approximate surface area is 92.5 Å². The fourth-order valence-electron chi connectivity index (χ4n) is 2.51. The van der Waals surface area contributed by atoms with Crippen molar-refractivity contribution in [3.63, 3.8) is 0 Å². The van der Waals surface area contributed by atoms with Crippen LogP contribution in [0.15, 0.2) is 0 Å². The van der Waals surface area contributed by atoms with Crippen molar-refractivity contribution in [1.29, 1.82) is 0 Å². The third-order valence-electron chi connectivity index (χ3n) is 3.66. The highest BCUT2D eigenvalue weighted by atomic mass is 16.5. The third-order valence-corrected chi connectivity index (χ3v) is 3.66. The summed E-state index contributed by atoms with van der Waals surface area (Å²) in [5.41, 5.74) is 0. The summed E-state index contributed by atoms with van der Waals surface area (Å²) in [5, 5.41) is 3.61. The summed E-state index contributed by atoms with van der Waals surface area (Å²) in [4.78, 5) is 0. The SMILES string of the molecule is CC(NCC1CCCO1)C1CCOCC1. The van der Waals surface area contributed by atoms with Crippen molar-refractivity contribution < 1.29 is 9.47 Å². The minimum atomic E-state index is 0.465. The van der Waals surface area contributed by atoms with E-state index in [2.05, 4.69) is 12.2 Å². The Morgan fingerprint density at radius 2 is 2.00 bits per heavy atom. The molecule has 2 aliphatic heterocycles. The molecule has 1 N–H and O–H groups in total. The molecular weight excluding hydrogens is 190 g/mol. The molecule has 2 rings (SSSR count). The van der Waals surface area contributed by atoms with E-state index in [9.17, 15) is 0 Å². The van der Waals surface area contributed by atoms with Crippen LogP contribution in [0.3, 0.4) is 0 Å². The topological polar surface area (TPSA) is 30.5 Å². The molecule has 3 heteroatoms. The molecule has 2 saturated heterocycles. The largest absolute Gasteiger partial charge is 0.381 e. The minimum Gasteiger partial charge on any atom is -0.381 e. The predicted octanol–water partition coefficient (Wildman–Crippen LogP) is 1.57. The van der Waals surface area contributed by atoms with Gasteiger partial charge in [-0.25, -0.2) is 0 Å². The fourth-order valence-corrected chi connectivity index (χ4v) is 2.51. The Bertz CT molecular complexity index is 174. The first-order valence-electron chi connectivity index (χ1n) is 6.29. The summed E-state index contributed by atoms with van der Waals surface area (Å²) in [6.07, 6.45) is 5.34. The fraction of sp³-hybridized carbons (Fsp3) is 1.00. The van der Waals surface area contributed by atoms with Gasteiger partial charge in [-0.2, -0.15) is 0 Å². The van der Waals surface area contributed by atoms with Gasteiger partial charge in [-0.05, 0) is 38.5 Å². The van der Waals surface area contributed by atoms with E-state index in [4.69, 9.17) is 9.47 Å². The molecule has 0 bridgehead atoms. The summed E-state index contributed by atoms with van der Waals surface area (Å²) in [6.45, 7) is 6.16. The van der Waals surface area contributed by atoms with Gasteiger partial charge >= 0.3 is 0 Å². The van der Waals surface area contributed by atoms with Crippen LogP contribution in [-0.4, -0.2) is 38.5 Å². The molecule has 0 aromatic rings. The molecule has 2 aliphatic rings. The van der Waals surface area contributed by atoms with Crippen LogP contribution >= 0.6 is 0 Å². The van der Waals surface area contributed by atoms with Crippen LogP contribution < -0.4 is 5.32 Å². The van der Waals surface area contributed by atoms with Gasteiger partial charge in [0.15, 0.2) is 0 Å². The minimum absolute atomic E-state index is 0.465. The van der Waals surface area contributed by atoms with E-state index < -0.39 is 0 Å². The van der Waals surface area contributed by atoms with Crippen molar-refractivity contribution in [3.05, 3.63) is 0 Å². The van der Waals surface area contributed by atoms with Crippen molar-refractivity contribution in [3.8, 4) is 0 Å². The van der Waals surface area contributed by atoms with Crippen LogP contribution in [0.5, 0.6) is 0 Å². The molecule has 15 heavy (non-hydrogen) atoms. The van der Waals surface area contributed by atoms with E-state index in [0.717, 1.165) is 32.3 Å². The van der Waals surface area contributed by atoms with Gasteiger partial charge in [0.05, 0.1) is 6.10 Å². The number of rotatable bonds is 4. The maximum Gasteiger partial charge on any atom is 0.0700 e. The monoisotopic (exact) mass is 213 g/mol. The van der Waals surface area contributed by atoms with Gasteiger partial charge in [-0.3, -0.25) is 0 Å². The first-order chi connectivity index (χ1) is 7.36. The van der Waals surface area contributed by atoms with Gasteiger partial charge in [-0.15, -0.1) is 0 Å². The lowest BCUT2D eigenvalue weighted by molar-refractivity contribution is 0.0518. The molecule has 0 aromatic heterocycles. The standard InChI is InChI=1S/C12H23NO2/c1-10(11-4-7-14-8-5-11)13-9-12-3-2-6-15-12/h10-13H,2-9H2,1H3. The summed E-state index contributed by atoms with van der Waals surface area (Å²) >= 11 is 0. The van der Waals surface area contributed by atoms with E-state index in [1.54, 1.807) is 0 Å². The van der Waals surface area contributed by atoms with Gasteiger partial charge in [0.2, 0.25) is 0 Å². The highest BCUT2D eigenvalue weighted by Gasteiger charge is 2.22. The van der Waals surface area contributed by atoms with Crippen LogP contribution in [0.25, 0.3) is 0 Å². The smallest absolute Gasteiger partial charge is 0.0700 e. The molecular formula is C12H23NO2. The second-order valence-electron chi connectivity index (χ2n) is 4.78. The van der Waals surface area contributed by atoms with Crippen LogP contribution in [0.1, 0.15) is 32.6 Å². The Morgan fingerprint density at radius 3 is 2.67 bits per heavy atom. The number of hydrogen-bond donors (Lipinski definition) is 1. The van der Waals surface area contributed by atoms with Crippen molar-refractivity contribution >= 4 is 0 Å². The zero-order valence-corrected chi connectivity index (χ0v) is 9.71. The molecule has 0 spiro atoms. The van der Waals surface area contributed by atoms with Gasteiger partial charge in [0, 0.05) is 32.4 Å². The first-order valence-corrected chi connectivity index (χ1v) is 6.29. The maximum absolute atomic E-state index is 5.60. The average Bonchev–Trinajstić information content (AvgIpc) is 2.80. The van der Waals surface area contributed by atoms with E-state index in [1.807, 2.05) is 0 Å². The van der Waals surface area contributed by atoms with Crippen LogP contribution in [0, 0.1) is 5.92 Å². The van der Waals surface area contributed by atoms with E-state index in [0.29, 0.717) is 12.1 Å². The molecule has 2 fully saturated rings. The quantitative estimate of drug-likeness (QED) is 0.769. The van der Waals surface area contributed by atoms with Crippen molar-refractivity contribution in [2.45, 2.75) is 44.8 Å². The lowest BCUT2D eigenvalue weighted by Crippen LogP contribution is -2.40. The maximum atomic E-state index is 5.60. The number of hydrogen-bond acceptors (Lipinski definition) is 3. The predicted molar refractivity (Wildman–Crippen MR) is 60.0 cm³/mol. The molecule has 2 heterocycles. The normalized spacial score (nSPS) is 30.6. The zero-order chi connectivity index (χ0) is 10.5. The zero-order valence-electron chi connectivity index (χ0n) is 9.71. The number of nitrogens with one attached hydrogen (secondary N) is 1. The molecule has 2 unspecified atom stereocenters. The lowest BCUT2D eigenvalue weighted by Gasteiger charge is -2.29. The van der Waals surface area contributed by atoms with Gasteiger partial charge in [0.1, 0.15) is 0 Å². The second kappa shape index (κ2) is 5.83. The Morgan fingerprint density at radius 1 is 1.20 bits per heavy atom. The highest BCUT2D eigenvalue weighted by Crippen LogP contribution is 2.19. The summed E-state index contributed by atoms with van der Waals surface area (Å²) < 4.78 is 11.0. The van der Waals surface area contributed by atoms with Crippen molar-refractivity contribution in [2.24, 2.45) is 5.92 Å². The molecule has 3 nitrogen and oxygen atoms in total. The summed E-state index contributed by atoms with van der Waals surface area (Å²) in [5.74, 6) is 0.792. The van der Waals surface area contributed by atoms with Gasteiger partial charge in [0.25, 0.3) is 0 Å². The Kier molecular flexibility index (Phi) is 4.42. The molecule has 0 aliphatic carbocycles. The molecule has 0 aromatic carbocycles. The van der Waals surface area contributed by atoms with Gasteiger partial charge in [-0.1, -0.05) is 0 Å². The summed E-state index contributed by atoms with van der Waals surface area (Å²) in [6, 6.07) is 0.609. The Hall–Kier alpha value is -0.120. The third kappa shape index (κ3) is 3.44. The molecule has 0 saturated carbocycles. The first kappa shape index (κ1) is 11.4. The molecule has 0 amide bonds. The van der Waals surface area contributed by atoms with E-state index in [-0.39, 0.29) is 0 Å². The highest BCUT2D eigenvalue weighted by molar-refractivity contribution is 4.77. The Balaban J connectivity index is 1.64. The lowest BCUT2D eigenvalue weighted by atomic mass is 9.93. The second-order valence-corrected chi connectivity index (χ2v) is 4.78. The van der Waals surface area contributed by atoms with Crippen molar-refractivity contribution in [2.75, 3.05) is 26.4 Å². The molecule has 0 radical (unpaired) electrons. The molecule has 2 atom stereocenters.